The van der Waals surface area contributed by atoms with Crippen molar-refractivity contribution in [2.24, 2.45) is 11.8 Å². The predicted octanol–water partition coefficient (Wildman–Crippen LogP) is 2.29. The molecule has 0 bridgehead atoms. The second kappa shape index (κ2) is 5.80. The maximum atomic E-state index is 11.7. The summed E-state index contributed by atoms with van der Waals surface area (Å²) in [4.78, 5) is 13.7. The van der Waals surface area contributed by atoms with Crippen LogP contribution < -0.4 is 0 Å². The molecule has 1 fully saturated rings. The van der Waals surface area contributed by atoms with Gasteiger partial charge in [0.05, 0.1) is 0 Å². The molecule has 0 aromatic heterocycles. The topological polar surface area (TPSA) is 20.3 Å². The molecule has 2 nitrogen and oxygen atoms in total. The fourth-order valence-corrected chi connectivity index (χ4v) is 1.86. The Hall–Kier alpha value is -0.970. The lowest BCUT2D eigenvalue weighted by Crippen LogP contribution is -2.40. The molecule has 0 aliphatic carbocycles. The lowest BCUT2D eigenvalue weighted by molar-refractivity contribution is -0.135. The third kappa shape index (κ3) is 3.58. The third-order valence-electron chi connectivity index (χ3n) is 2.78. The average molecular weight is 207 g/mol. The summed E-state index contributed by atoms with van der Waals surface area (Å²) in [6.07, 6.45) is 3.03. The summed E-state index contributed by atoms with van der Waals surface area (Å²) in [7, 11) is 0. The van der Waals surface area contributed by atoms with E-state index < -0.39 is 0 Å². The van der Waals surface area contributed by atoms with Crippen LogP contribution in [0.3, 0.4) is 0 Å². The van der Waals surface area contributed by atoms with E-state index in [1.165, 1.54) is 0 Å². The van der Waals surface area contributed by atoms with Crippen molar-refractivity contribution in [3.8, 4) is 11.8 Å². The van der Waals surface area contributed by atoms with E-state index in [1.807, 2.05) is 18.7 Å². The number of hydrogen-bond donors (Lipinski definition) is 0. The van der Waals surface area contributed by atoms with Crippen molar-refractivity contribution >= 4 is 5.91 Å². The quantitative estimate of drug-likeness (QED) is 0.604. The fraction of sp³-hybridized carbons (Fsp3) is 0.769. The molecule has 2 heteroatoms. The van der Waals surface area contributed by atoms with E-state index >= 15 is 0 Å². The highest BCUT2D eigenvalue weighted by Crippen LogP contribution is 2.17. The van der Waals surface area contributed by atoms with Gasteiger partial charge < -0.3 is 4.90 Å². The summed E-state index contributed by atoms with van der Waals surface area (Å²) >= 11 is 0. The molecule has 1 saturated heterocycles. The van der Waals surface area contributed by atoms with Crippen molar-refractivity contribution in [3.05, 3.63) is 0 Å². The predicted molar refractivity (Wildman–Crippen MR) is 62.2 cm³/mol. The highest BCUT2D eigenvalue weighted by atomic mass is 16.2. The Morgan fingerprint density at radius 1 is 1.40 bits per heavy atom. The van der Waals surface area contributed by atoms with Crippen LogP contribution in [0.2, 0.25) is 0 Å². The van der Waals surface area contributed by atoms with E-state index in [2.05, 4.69) is 18.8 Å². The monoisotopic (exact) mass is 207 g/mol. The summed E-state index contributed by atoms with van der Waals surface area (Å²) in [5.74, 6) is 7.34. The molecule has 1 heterocycles. The van der Waals surface area contributed by atoms with Gasteiger partial charge in [-0.05, 0) is 12.8 Å². The van der Waals surface area contributed by atoms with Gasteiger partial charge in [-0.25, -0.2) is 0 Å². The molecule has 1 rings (SSSR count). The summed E-state index contributed by atoms with van der Waals surface area (Å²) in [5.41, 5.74) is 0. The highest BCUT2D eigenvalue weighted by Gasteiger charge is 2.22. The van der Waals surface area contributed by atoms with Gasteiger partial charge in [0.25, 0.3) is 0 Å². The number of piperidine rings is 1. The number of carbonyl (C=O) groups excluding carboxylic acids is 1. The SMILES string of the molecule is CCC#CC1CCN(C(=O)C(C)C)CC1. The van der Waals surface area contributed by atoms with Gasteiger partial charge in [-0.15, -0.1) is 5.92 Å². The zero-order valence-electron chi connectivity index (χ0n) is 10.0. The van der Waals surface area contributed by atoms with Gasteiger partial charge in [-0.1, -0.05) is 26.7 Å². The third-order valence-corrected chi connectivity index (χ3v) is 2.78. The van der Waals surface area contributed by atoms with Crippen molar-refractivity contribution in [3.63, 3.8) is 0 Å². The van der Waals surface area contributed by atoms with Gasteiger partial charge in [0.15, 0.2) is 0 Å². The lowest BCUT2D eigenvalue weighted by atomic mass is 9.96. The minimum absolute atomic E-state index is 0.128. The van der Waals surface area contributed by atoms with Gasteiger partial charge in [0.1, 0.15) is 0 Å². The zero-order chi connectivity index (χ0) is 11.3. The van der Waals surface area contributed by atoms with Crippen LogP contribution in [0.5, 0.6) is 0 Å². The minimum Gasteiger partial charge on any atom is -0.342 e. The largest absolute Gasteiger partial charge is 0.342 e. The van der Waals surface area contributed by atoms with Gasteiger partial charge in [0, 0.05) is 31.3 Å². The maximum Gasteiger partial charge on any atom is 0.225 e. The van der Waals surface area contributed by atoms with Gasteiger partial charge >= 0.3 is 0 Å². The number of likely N-dealkylation sites (tertiary alicyclic amines) is 1. The van der Waals surface area contributed by atoms with Crippen LogP contribution >= 0.6 is 0 Å². The summed E-state index contributed by atoms with van der Waals surface area (Å²) in [5, 5.41) is 0. The standard InChI is InChI=1S/C13H21NO/c1-4-5-6-12-7-9-14(10-8-12)13(15)11(2)3/h11-12H,4,7-10H2,1-3H3. The molecule has 0 saturated carbocycles. The second-order valence-electron chi connectivity index (χ2n) is 4.43. The molecular formula is C13H21NO. The van der Waals surface area contributed by atoms with E-state index in [0.717, 1.165) is 32.4 Å². The first-order chi connectivity index (χ1) is 7.15. The van der Waals surface area contributed by atoms with Gasteiger partial charge in [-0.3, -0.25) is 4.79 Å². The smallest absolute Gasteiger partial charge is 0.225 e. The van der Waals surface area contributed by atoms with Crippen LogP contribution in [0.4, 0.5) is 0 Å². The molecule has 0 aromatic carbocycles. The molecule has 0 unspecified atom stereocenters. The number of nitrogens with zero attached hydrogens (tertiary/aromatic N) is 1. The Bertz CT molecular complexity index is 264. The molecule has 0 radical (unpaired) electrons. The van der Waals surface area contributed by atoms with E-state index in [9.17, 15) is 4.79 Å². The van der Waals surface area contributed by atoms with Crippen LogP contribution in [-0.2, 0) is 4.79 Å². The molecule has 1 aliphatic rings. The Balaban J connectivity index is 2.39. The average Bonchev–Trinajstić information content (AvgIpc) is 2.26. The second-order valence-corrected chi connectivity index (χ2v) is 4.43. The Kier molecular flexibility index (Phi) is 4.68. The summed E-state index contributed by atoms with van der Waals surface area (Å²) < 4.78 is 0. The first kappa shape index (κ1) is 12.1. The van der Waals surface area contributed by atoms with E-state index in [0.29, 0.717) is 5.92 Å². The number of hydrogen-bond acceptors (Lipinski definition) is 1. The summed E-state index contributed by atoms with van der Waals surface area (Å²) in [6, 6.07) is 0. The number of carbonyl (C=O) groups is 1. The highest BCUT2D eigenvalue weighted by molar-refractivity contribution is 5.78. The summed E-state index contributed by atoms with van der Waals surface area (Å²) in [6.45, 7) is 7.78. The molecule has 0 atom stereocenters. The molecular weight excluding hydrogens is 186 g/mol. The van der Waals surface area contributed by atoms with Gasteiger partial charge in [-0.2, -0.15) is 0 Å². The first-order valence-corrected chi connectivity index (χ1v) is 5.92. The van der Waals surface area contributed by atoms with Crippen LogP contribution in [0.15, 0.2) is 0 Å². The lowest BCUT2D eigenvalue weighted by Gasteiger charge is -2.31. The first-order valence-electron chi connectivity index (χ1n) is 5.92. The Morgan fingerprint density at radius 2 is 2.00 bits per heavy atom. The zero-order valence-corrected chi connectivity index (χ0v) is 10.0. The van der Waals surface area contributed by atoms with Crippen molar-refractivity contribution < 1.29 is 4.79 Å². The van der Waals surface area contributed by atoms with Crippen LogP contribution in [0.25, 0.3) is 0 Å². The van der Waals surface area contributed by atoms with E-state index in [-0.39, 0.29) is 11.8 Å². The molecule has 0 aromatic rings. The minimum atomic E-state index is 0.128. The normalized spacial score (nSPS) is 17.5. The van der Waals surface area contributed by atoms with E-state index in [4.69, 9.17) is 0 Å². The molecule has 1 aliphatic heterocycles. The number of rotatable bonds is 1. The van der Waals surface area contributed by atoms with Crippen molar-refractivity contribution in [1.29, 1.82) is 0 Å². The van der Waals surface area contributed by atoms with Crippen molar-refractivity contribution in [2.75, 3.05) is 13.1 Å². The molecule has 15 heavy (non-hydrogen) atoms. The Labute approximate surface area is 93.0 Å². The van der Waals surface area contributed by atoms with Gasteiger partial charge in [0.2, 0.25) is 5.91 Å². The number of amides is 1. The maximum absolute atomic E-state index is 11.7. The van der Waals surface area contributed by atoms with Crippen LogP contribution in [-0.4, -0.2) is 23.9 Å². The van der Waals surface area contributed by atoms with Crippen molar-refractivity contribution in [1.82, 2.24) is 4.90 Å². The molecule has 84 valence electrons. The fourth-order valence-electron chi connectivity index (χ4n) is 1.86. The van der Waals surface area contributed by atoms with Crippen molar-refractivity contribution in [2.45, 2.75) is 40.0 Å². The van der Waals surface area contributed by atoms with E-state index in [1.54, 1.807) is 0 Å². The molecule has 0 N–H and O–H groups in total. The molecule has 0 spiro atoms. The van der Waals surface area contributed by atoms with Crippen LogP contribution in [0.1, 0.15) is 40.0 Å². The Morgan fingerprint density at radius 3 is 2.47 bits per heavy atom. The van der Waals surface area contributed by atoms with Crippen LogP contribution in [0, 0.1) is 23.7 Å². The molecule has 1 amide bonds.